The molecule has 0 aliphatic rings. The summed E-state index contributed by atoms with van der Waals surface area (Å²) in [4.78, 5) is 15.1. The predicted molar refractivity (Wildman–Crippen MR) is 72.4 cm³/mol. The van der Waals surface area contributed by atoms with E-state index in [0.717, 1.165) is 18.7 Å². The van der Waals surface area contributed by atoms with Crippen LogP contribution in [0.2, 0.25) is 0 Å². The molecule has 0 aromatic heterocycles. The number of amides is 1. The summed E-state index contributed by atoms with van der Waals surface area (Å²) in [6, 6.07) is 9.55. The molecule has 0 unspecified atom stereocenters. The van der Waals surface area contributed by atoms with Gasteiger partial charge in [0.15, 0.2) is 0 Å². The van der Waals surface area contributed by atoms with Gasteiger partial charge in [-0.05, 0) is 30.7 Å². The Morgan fingerprint density at radius 3 is 2.33 bits per heavy atom. The highest BCUT2D eigenvalue weighted by atomic mass is 16.2. The molecule has 1 aromatic carbocycles. The van der Waals surface area contributed by atoms with Gasteiger partial charge in [0, 0.05) is 39.8 Å². The Morgan fingerprint density at radius 2 is 1.83 bits per heavy atom. The van der Waals surface area contributed by atoms with Crippen LogP contribution >= 0.6 is 0 Å². The number of carbonyl (C=O) groups is 1. The lowest BCUT2D eigenvalue weighted by Gasteiger charge is -2.19. The molecule has 0 spiro atoms. The van der Waals surface area contributed by atoms with E-state index in [1.54, 1.807) is 31.1 Å². The predicted octanol–water partition coefficient (Wildman–Crippen LogP) is 1.86. The van der Waals surface area contributed by atoms with Gasteiger partial charge in [0.25, 0.3) is 0 Å². The van der Waals surface area contributed by atoms with Gasteiger partial charge in [0.1, 0.15) is 0 Å². The topological polar surface area (TPSA) is 47.3 Å². The second kappa shape index (κ2) is 6.65. The minimum absolute atomic E-state index is 0.156. The molecule has 0 aliphatic carbocycles. The molecule has 1 amide bonds. The lowest BCUT2D eigenvalue weighted by molar-refractivity contribution is -0.128. The Balaban J connectivity index is 2.43. The third kappa shape index (κ3) is 4.10. The molecule has 0 aliphatic heterocycles. The van der Waals surface area contributed by atoms with E-state index in [1.165, 1.54) is 0 Å². The van der Waals surface area contributed by atoms with Crippen molar-refractivity contribution < 1.29 is 4.79 Å². The number of hydrogen-bond donors (Lipinski definition) is 0. The lowest BCUT2D eigenvalue weighted by atomic mass is 10.2. The van der Waals surface area contributed by atoms with E-state index < -0.39 is 0 Å². The minimum Gasteiger partial charge on any atom is -0.375 e. The Hall–Kier alpha value is -2.02. The maximum atomic E-state index is 11.4. The summed E-state index contributed by atoms with van der Waals surface area (Å²) in [5.41, 5.74) is 1.72. The van der Waals surface area contributed by atoms with E-state index in [1.807, 2.05) is 19.2 Å². The summed E-state index contributed by atoms with van der Waals surface area (Å²) in [6.45, 7) is 0.825. The molecule has 1 aromatic rings. The van der Waals surface area contributed by atoms with E-state index >= 15 is 0 Å². The highest BCUT2D eigenvalue weighted by molar-refractivity contribution is 5.75. The second-order valence-corrected chi connectivity index (χ2v) is 4.47. The van der Waals surface area contributed by atoms with Crippen LogP contribution in [-0.4, -0.2) is 38.5 Å². The number of rotatable bonds is 5. The molecule has 18 heavy (non-hydrogen) atoms. The molecule has 0 fully saturated rings. The second-order valence-electron chi connectivity index (χ2n) is 4.47. The number of hydrogen-bond acceptors (Lipinski definition) is 3. The molecule has 0 bridgehead atoms. The molecule has 1 rings (SSSR count). The first-order chi connectivity index (χ1) is 8.54. The zero-order chi connectivity index (χ0) is 13.5. The summed E-state index contributed by atoms with van der Waals surface area (Å²) >= 11 is 0. The number of nitrogens with zero attached hydrogens (tertiary/aromatic N) is 3. The van der Waals surface area contributed by atoms with Gasteiger partial charge in [-0.25, -0.2) is 0 Å². The summed E-state index contributed by atoms with van der Waals surface area (Å²) in [6.07, 6.45) is 1.39. The first-order valence-electron chi connectivity index (χ1n) is 5.96. The fourth-order valence-corrected chi connectivity index (χ4v) is 1.61. The van der Waals surface area contributed by atoms with Crippen molar-refractivity contribution in [3.05, 3.63) is 29.8 Å². The van der Waals surface area contributed by atoms with Gasteiger partial charge in [-0.2, -0.15) is 5.26 Å². The maximum absolute atomic E-state index is 11.4. The fraction of sp³-hybridized carbons (Fsp3) is 0.429. The summed E-state index contributed by atoms with van der Waals surface area (Å²) in [5.74, 6) is 0.156. The fourth-order valence-electron chi connectivity index (χ4n) is 1.61. The smallest absolute Gasteiger partial charge is 0.222 e. The van der Waals surface area contributed by atoms with Crippen LogP contribution < -0.4 is 4.90 Å². The van der Waals surface area contributed by atoms with Crippen LogP contribution in [0.4, 0.5) is 5.69 Å². The monoisotopic (exact) mass is 245 g/mol. The SMILES string of the molecule is CN(C)C(=O)CCCN(C)c1ccc(C#N)cc1. The Morgan fingerprint density at radius 1 is 1.22 bits per heavy atom. The summed E-state index contributed by atoms with van der Waals surface area (Å²) < 4.78 is 0. The number of benzene rings is 1. The standard InChI is InChI=1S/C14H19N3O/c1-16(2)14(18)5-4-10-17(3)13-8-6-12(11-15)7-9-13/h6-9H,4-5,10H2,1-3H3. The summed E-state index contributed by atoms with van der Waals surface area (Å²) in [5, 5.41) is 8.72. The van der Waals surface area contributed by atoms with Crippen molar-refractivity contribution in [2.75, 3.05) is 32.6 Å². The van der Waals surface area contributed by atoms with Crippen molar-refractivity contribution in [3.8, 4) is 6.07 Å². The minimum atomic E-state index is 0.156. The van der Waals surface area contributed by atoms with Crippen molar-refractivity contribution in [2.24, 2.45) is 0 Å². The molecule has 0 radical (unpaired) electrons. The number of nitriles is 1. The zero-order valence-electron chi connectivity index (χ0n) is 11.2. The van der Waals surface area contributed by atoms with Gasteiger partial charge in [-0.1, -0.05) is 0 Å². The van der Waals surface area contributed by atoms with Crippen molar-refractivity contribution in [1.29, 1.82) is 5.26 Å². The average molecular weight is 245 g/mol. The highest BCUT2D eigenvalue weighted by Crippen LogP contribution is 2.14. The van der Waals surface area contributed by atoms with Gasteiger partial charge in [-0.15, -0.1) is 0 Å². The van der Waals surface area contributed by atoms with Crippen LogP contribution in [0.1, 0.15) is 18.4 Å². The Labute approximate surface area is 108 Å². The largest absolute Gasteiger partial charge is 0.375 e. The molecule has 96 valence electrons. The van der Waals surface area contributed by atoms with Gasteiger partial charge < -0.3 is 9.80 Å². The average Bonchev–Trinajstić information content (AvgIpc) is 2.38. The normalized spacial score (nSPS) is 9.67. The van der Waals surface area contributed by atoms with E-state index in [9.17, 15) is 4.79 Å². The van der Waals surface area contributed by atoms with Crippen molar-refractivity contribution in [2.45, 2.75) is 12.8 Å². The van der Waals surface area contributed by atoms with E-state index in [0.29, 0.717) is 12.0 Å². The molecule has 4 nitrogen and oxygen atoms in total. The Kier molecular flexibility index (Phi) is 5.19. The first kappa shape index (κ1) is 14.0. The van der Waals surface area contributed by atoms with Crippen LogP contribution in [0, 0.1) is 11.3 Å². The van der Waals surface area contributed by atoms with Gasteiger partial charge in [0.2, 0.25) is 5.91 Å². The number of anilines is 1. The lowest BCUT2D eigenvalue weighted by Crippen LogP contribution is -2.24. The first-order valence-corrected chi connectivity index (χ1v) is 5.96. The summed E-state index contributed by atoms with van der Waals surface area (Å²) in [7, 11) is 5.53. The third-order valence-electron chi connectivity index (χ3n) is 2.82. The zero-order valence-corrected chi connectivity index (χ0v) is 11.2. The molecular formula is C14H19N3O. The van der Waals surface area contributed by atoms with Gasteiger partial charge in [-0.3, -0.25) is 4.79 Å². The molecule has 0 N–H and O–H groups in total. The van der Waals surface area contributed by atoms with E-state index in [2.05, 4.69) is 11.0 Å². The Bertz CT molecular complexity index is 431. The number of carbonyl (C=O) groups excluding carboxylic acids is 1. The molecule has 0 saturated heterocycles. The molecule has 0 atom stereocenters. The van der Waals surface area contributed by atoms with Crippen molar-refractivity contribution in [3.63, 3.8) is 0 Å². The maximum Gasteiger partial charge on any atom is 0.222 e. The van der Waals surface area contributed by atoms with Crippen LogP contribution in [0.15, 0.2) is 24.3 Å². The van der Waals surface area contributed by atoms with Gasteiger partial charge in [0.05, 0.1) is 11.6 Å². The molecular weight excluding hydrogens is 226 g/mol. The molecule has 0 saturated carbocycles. The van der Waals surface area contributed by atoms with Gasteiger partial charge >= 0.3 is 0 Å². The van der Waals surface area contributed by atoms with Crippen molar-refractivity contribution >= 4 is 11.6 Å². The molecule has 4 heteroatoms. The van der Waals surface area contributed by atoms with Crippen LogP contribution in [-0.2, 0) is 4.79 Å². The highest BCUT2D eigenvalue weighted by Gasteiger charge is 2.05. The quantitative estimate of drug-likeness (QED) is 0.795. The van der Waals surface area contributed by atoms with Crippen LogP contribution in [0.25, 0.3) is 0 Å². The third-order valence-corrected chi connectivity index (χ3v) is 2.82. The van der Waals surface area contributed by atoms with Crippen molar-refractivity contribution in [1.82, 2.24) is 4.90 Å². The van der Waals surface area contributed by atoms with Crippen LogP contribution in [0.3, 0.4) is 0 Å². The van der Waals surface area contributed by atoms with E-state index in [4.69, 9.17) is 5.26 Å². The van der Waals surface area contributed by atoms with Crippen LogP contribution in [0.5, 0.6) is 0 Å². The molecule has 0 heterocycles. The van der Waals surface area contributed by atoms with E-state index in [-0.39, 0.29) is 5.91 Å².